The Morgan fingerprint density at radius 2 is 1.80 bits per heavy atom. The number of carbonyl (C=O) groups excluding carboxylic acids is 1. The minimum atomic E-state index is -0.830. The molecule has 6 rings (SSSR count). The van der Waals surface area contributed by atoms with E-state index in [0.29, 0.717) is 12.6 Å². The number of hydrogen-bond donors (Lipinski definition) is 3. The second-order valence-electron chi connectivity index (χ2n) is 11.5. The van der Waals surface area contributed by atoms with Gasteiger partial charge in [0.05, 0.1) is 30.3 Å². The predicted octanol–water partition coefficient (Wildman–Crippen LogP) is 4.14. The number of amides is 1. The maximum absolute atomic E-state index is 12.8. The summed E-state index contributed by atoms with van der Waals surface area (Å²) in [6.07, 6.45) is 3.31. The Labute approximate surface area is 235 Å². The molecule has 1 amide bonds. The Bertz CT molecular complexity index is 1490. The lowest BCUT2D eigenvalue weighted by Crippen LogP contribution is -2.63. The van der Waals surface area contributed by atoms with Gasteiger partial charge in [-0.25, -0.2) is 0 Å². The number of aromatic nitrogens is 3. The lowest BCUT2D eigenvalue weighted by molar-refractivity contribution is -0.121. The number of carbonyl (C=O) groups is 1. The number of nitrogens with zero attached hydrogens (tertiary/aromatic N) is 4. The van der Waals surface area contributed by atoms with Gasteiger partial charge in [0, 0.05) is 30.2 Å². The van der Waals surface area contributed by atoms with Crippen LogP contribution in [0.1, 0.15) is 48.2 Å². The SMILES string of the molecule is Cc1ccc2c(c1)c(NCC(=O)NC1CN(C3CCC(O)(c4cccc(C)n4)CC3)C1)nn2Cc1ccccc1. The molecule has 2 fully saturated rings. The fraction of sp³-hybridized carbons (Fsp3) is 0.406. The summed E-state index contributed by atoms with van der Waals surface area (Å²) >= 11 is 0. The highest BCUT2D eigenvalue weighted by molar-refractivity contribution is 5.92. The zero-order chi connectivity index (χ0) is 27.7. The lowest BCUT2D eigenvalue weighted by Gasteiger charge is -2.48. The van der Waals surface area contributed by atoms with Crippen molar-refractivity contribution in [2.75, 3.05) is 25.0 Å². The summed E-state index contributed by atoms with van der Waals surface area (Å²) in [7, 11) is 0. The molecule has 3 N–H and O–H groups in total. The summed E-state index contributed by atoms with van der Waals surface area (Å²) in [6, 6.07) is 23.1. The Balaban J connectivity index is 0.998. The van der Waals surface area contributed by atoms with Gasteiger partial charge < -0.3 is 15.7 Å². The van der Waals surface area contributed by atoms with Crippen LogP contribution in [0.25, 0.3) is 10.9 Å². The fourth-order valence-electron chi connectivity index (χ4n) is 6.15. The molecular formula is C32H38N6O2. The first-order valence-electron chi connectivity index (χ1n) is 14.3. The molecule has 1 saturated carbocycles. The topological polar surface area (TPSA) is 95.3 Å². The van der Waals surface area contributed by atoms with E-state index in [1.165, 1.54) is 5.56 Å². The van der Waals surface area contributed by atoms with Gasteiger partial charge in [-0.2, -0.15) is 5.10 Å². The summed E-state index contributed by atoms with van der Waals surface area (Å²) in [5, 5.41) is 23.5. The average Bonchev–Trinajstić information content (AvgIpc) is 3.26. The first-order valence-corrected chi connectivity index (χ1v) is 14.3. The molecule has 1 saturated heterocycles. The highest BCUT2D eigenvalue weighted by Crippen LogP contribution is 2.38. The van der Waals surface area contributed by atoms with Crippen molar-refractivity contribution in [3.05, 3.63) is 89.2 Å². The van der Waals surface area contributed by atoms with Crippen molar-refractivity contribution in [1.29, 1.82) is 0 Å². The van der Waals surface area contributed by atoms with Crippen LogP contribution in [0.2, 0.25) is 0 Å². The third-order valence-electron chi connectivity index (χ3n) is 8.44. The van der Waals surface area contributed by atoms with Gasteiger partial charge in [0.2, 0.25) is 5.91 Å². The van der Waals surface area contributed by atoms with E-state index >= 15 is 0 Å². The van der Waals surface area contributed by atoms with Crippen LogP contribution in [0.4, 0.5) is 5.82 Å². The molecule has 208 valence electrons. The highest BCUT2D eigenvalue weighted by Gasteiger charge is 2.41. The van der Waals surface area contributed by atoms with Crippen LogP contribution in [0, 0.1) is 13.8 Å². The molecule has 8 heteroatoms. The van der Waals surface area contributed by atoms with Crippen molar-refractivity contribution in [1.82, 2.24) is 25.0 Å². The summed E-state index contributed by atoms with van der Waals surface area (Å²) in [5.74, 6) is 0.712. The standard InChI is InChI=1S/C32H38N6O2/c1-22-11-12-28-27(17-22)31(36-38(28)19-24-8-4-3-5-9-24)33-18-30(39)35-25-20-37(21-25)26-13-15-32(40,16-14-26)29-10-6-7-23(2)34-29/h3-12,17,25-26,40H,13-16,18-21H2,1-2H3,(H,33,36)(H,35,39). The van der Waals surface area contributed by atoms with Gasteiger partial charge in [-0.15, -0.1) is 0 Å². The molecule has 3 heterocycles. The maximum Gasteiger partial charge on any atom is 0.239 e. The molecule has 2 aromatic carbocycles. The van der Waals surface area contributed by atoms with Crippen LogP contribution >= 0.6 is 0 Å². The largest absolute Gasteiger partial charge is 0.384 e. The number of aliphatic hydroxyl groups is 1. The number of pyridine rings is 1. The van der Waals surface area contributed by atoms with E-state index in [2.05, 4.69) is 57.8 Å². The molecular weight excluding hydrogens is 500 g/mol. The van der Waals surface area contributed by atoms with Crippen molar-refractivity contribution < 1.29 is 9.90 Å². The van der Waals surface area contributed by atoms with Crippen LogP contribution in [0.3, 0.4) is 0 Å². The van der Waals surface area contributed by atoms with E-state index in [0.717, 1.165) is 72.4 Å². The van der Waals surface area contributed by atoms with Crippen molar-refractivity contribution in [2.24, 2.45) is 0 Å². The minimum Gasteiger partial charge on any atom is -0.384 e. The third kappa shape index (κ3) is 5.60. The average molecular weight is 539 g/mol. The van der Waals surface area contributed by atoms with Gasteiger partial charge in [0.1, 0.15) is 5.60 Å². The molecule has 0 bridgehead atoms. The molecule has 1 aliphatic heterocycles. The first kappa shape index (κ1) is 26.5. The van der Waals surface area contributed by atoms with Crippen molar-refractivity contribution in [2.45, 2.75) is 63.8 Å². The summed E-state index contributed by atoms with van der Waals surface area (Å²) < 4.78 is 1.99. The number of nitrogens with one attached hydrogen (secondary N) is 2. The van der Waals surface area contributed by atoms with Crippen molar-refractivity contribution >= 4 is 22.6 Å². The number of likely N-dealkylation sites (tertiary alicyclic amines) is 1. The molecule has 4 aromatic rings. The van der Waals surface area contributed by atoms with E-state index in [4.69, 9.17) is 5.10 Å². The molecule has 0 radical (unpaired) electrons. The summed E-state index contributed by atoms with van der Waals surface area (Å²) in [4.78, 5) is 19.8. The molecule has 0 spiro atoms. The van der Waals surface area contributed by atoms with Crippen molar-refractivity contribution in [3.63, 3.8) is 0 Å². The molecule has 8 nitrogen and oxygen atoms in total. The third-order valence-corrected chi connectivity index (χ3v) is 8.44. The van der Waals surface area contributed by atoms with E-state index in [1.807, 2.05) is 48.0 Å². The monoisotopic (exact) mass is 538 g/mol. The van der Waals surface area contributed by atoms with Gasteiger partial charge in [-0.3, -0.25) is 19.4 Å². The number of rotatable bonds is 8. The van der Waals surface area contributed by atoms with E-state index in [1.54, 1.807) is 0 Å². The predicted molar refractivity (Wildman–Crippen MR) is 157 cm³/mol. The van der Waals surface area contributed by atoms with Crippen LogP contribution in [-0.2, 0) is 16.9 Å². The Morgan fingerprint density at radius 3 is 2.55 bits per heavy atom. The number of anilines is 1. The quantitative estimate of drug-likeness (QED) is 0.312. The summed E-state index contributed by atoms with van der Waals surface area (Å²) in [6.45, 7) is 6.59. The zero-order valence-electron chi connectivity index (χ0n) is 23.3. The van der Waals surface area contributed by atoms with Gasteiger partial charge in [-0.1, -0.05) is 48.0 Å². The lowest BCUT2D eigenvalue weighted by atomic mass is 9.78. The van der Waals surface area contributed by atoms with Crippen LogP contribution in [0.15, 0.2) is 66.7 Å². The maximum atomic E-state index is 12.8. The van der Waals surface area contributed by atoms with Crippen LogP contribution < -0.4 is 10.6 Å². The summed E-state index contributed by atoms with van der Waals surface area (Å²) in [5.41, 5.74) is 4.28. The number of benzene rings is 2. The molecule has 1 aliphatic carbocycles. The van der Waals surface area contributed by atoms with Crippen molar-refractivity contribution in [3.8, 4) is 0 Å². The smallest absolute Gasteiger partial charge is 0.239 e. The van der Waals surface area contributed by atoms with Gasteiger partial charge in [0.15, 0.2) is 5.82 Å². The van der Waals surface area contributed by atoms with Gasteiger partial charge in [-0.05, 0) is 69.4 Å². The number of hydrogen-bond acceptors (Lipinski definition) is 6. The van der Waals surface area contributed by atoms with Crippen LogP contribution in [-0.4, -0.2) is 62.4 Å². The number of fused-ring (bicyclic) bond motifs is 1. The second kappa shape index (κ2) is 11.0. The Kier molecular flexibility index (Phi) is 7.29. The van der Waals surface area contributed by atoms with Gasteiger partial charge >= 0.3 is 0 Å². The first-order chi connectivity index (χ1) is 19.4. The molecule has 2 aromatic heterocycles. The second-order valence-corrected chi connectivity index (χ2v) is 11.5. The Morgan fingerprint density at radius 1 is 1.02 bits per heavy atom. The normalized spacial score (nSPS) is 21.7. The molecule has 40 heavy (non-hydrogen) atoms. The van der Waals surface area contributed by atoms with E-state index < -0.39 is 5.60 Å². The van der Waals surface area contributed by atoms with E-state index in [-0.39, 0.29) is 18.5 Å². The fourth-order valence-corrected chi connectivity index (χ4v) is 6.15. The molecule has 2 aliphatic rings. The molecule has 0 atom stereocenters. The number of aryl methyl sites for hydroxylation is 2. The van der Waals surface area contributed by atoms with E-state index in [9.17, 15) is 9.90 Å². The Hall–Kier alpha value is -3.75. The van der Waals surface area contributed by atoms with Gasteiger partial charge in [0.25, 0.3) is 0 Å². The highest BCUT2D eigenvalue weighted by atomic mass is 16.3. The minimum absolute atomic E-state index is 0.0217. The zero-order valence-corrected chi connectivity index (χ0v) is 23.3. The molecule has 0 unspecified atom stereocenters. The van der Waals surface area contributed by atoms with Crippen LogP contribution in [0.5, 0.6) is 0 Å².